The predicted octanol–water partition coefficient (Wildman–Crippen LogP) is 2.48. The molecule has 0 aliphatic heterocycles. The van der Waals surface area contributed by atoms with Crippen molar-refractivity contribution in [2.75, 3.05) is 13.1 Å². The molecule has 4 heteroatoms. The fourth-order valence-corrected chi connectivity index (χ4v) is 1.64. The molecule has 0 saturated carbocycles. The molecule has 0 bridgehead atoms. The molecule has 0 atom stereocenters. The minimum atomic E-state index is -0.363. The van der Waals surface area contributed by atoms with Crippen molar-refractivity contribution in [1.29, 1.82) is 0 Å². The molecule has 0 aromatic rings. The van der Waals surface area contributed by atoms with Gasteiger partial charge in [0.05, 0.1) is 0 Å². The van der Waals surface area contributed by atoms with Gasteiger partial charge in [0.2, 0.25) is 11.8 Å². The van der Waals surface area contributed by atoms with Gasteiger partial charge in [-0.25, -0.2) is 0 Å². The number of rotatable bonds is 8. The highest BCUT2D eigenvalue weighted by atomic mass is 16.2. The van der Waals surface area contributed by atoms with Gasteiger partial charge in [-0.1, -0.05) is 47.5 Å². The van der Waals surface area contributed by atoms with Crippen molar-refractivity contribution < 1.29 is 9.59 Å². The number of hydrogen-bond acceptors (Lipinski definition) is 2. The van der Waals surface area contributed by atoms with Gasteiger partial charge in [0, 0.05) is 24.9 Å². The predicted molar refractivity (Wildman–Crippen MR) is 78.8 cm³/mol. The Labute approximate surface area is 117 Å². The quantitative estimate of drug-likeness (QED) is 0.666. The maximum absolute atomic E-state index is 11.6. The van der Waals surface area contributed by atoms with Crippen molar-refractivity contribution in [3.05, 3.63) is 0 Å². The van der Waals surface area contributed by atoms with Crippen LogP contribution in [0.1, 0.15) is 60.3 Å². The maximum Gasteiger partial charge on any atom is 0.225 e. The molecule has 0 spiro atoms. The molecule has 0 radical (unpaired) electrons. The molecule has 0 saturated heterocycles. The summed E-state index contributed by atoms with van der Waals surface area (Å²) in [7, 11) is 0. The van der Waals surface area contributed by atoms with Crippen LogP contribution in [-0.4, -0.2) is 24.9 Å². The second-order valence-corrected chi connectivity index (χ2v) is 6.10. The second-order valence-electron chi connectivity index (χ2n) is 6.10. The van der Waals surface area contributed by atoms with E-state index in [9.17, 15) is 9.59 Å². The van der Waals surface area contributed by atoms with Crippen LogP contribution < -0.4 is 10.6 Å². The van der Waals surface area contributed by atoms with Crippen molar-refractivity contribution in [2.24, 2.45) is 11.3 Å². The van der Waals surface area contributed by atoms with E-state index in [-0.39, 0.29) is 17.2 Å². The Morgan fingerprint density at radius 3 is 2.11 bits per heavy atom. The molecule has 0 aromatic carbocycles. The molecular weight excluding hydrogens is 240 g/mol. The molecule has 112 valence electrons. The lowest BCUT2D eigenvalue weighted by Gasteiger charge is -2.17. The van der Waals surface area contributed by atoms with E-state index in [2.05, 4.69) is 24.5 Å². The first kappa shape index (κ1) is 17.9. The lowest BCUT2D eigenvalue weighted by atomic mass is 9.96. The van der Waals surface area contributed by atoms with Gasteiger partial charge in [-0.2, -0.15) is 0 Å². The van der Waals surface area contributed by atoms with Crippen LogP contribution in [0.2, 0.25) is 0 Å². The van der Waals surface area contributed by atoms with Crippen LogP contribution in [0.25, 0.3) is 0 Å². The van der Waals surface area contributed by atoms with Crippen LogP contribution in [0.5, 0.6) is 0 Å². The highest BCUT2D eigenvalue weighted by Crippen LogP contribution is 2.12. The molecule has 0 aromatic heterocycles. The third-order valence-electron chi connectivity index (χ3n) is 3.29. The highest BCUT2D eigenvalue weighted by molar-refractivity contribution is 5.81. The van der Waals surface area contributed by atoms with Gasteiger partial charge in [-0.3, -0.25) is 9.59 Å². The van der Waals surface area contributed by atoms with Crippen molar-refractivity contribution in [3.8, 4) is 0 Å². The highest BCUT2D eigenvalue weighted by Gasteiger charge is 2.20. The molecule has 0 aliphatic carbocycles. The Bertz CT molecular complexity index is 278. The van der Waals surface area contributed by atoms with Crippen LogP contribution in [-0.2, 0) is 9.59 Å². The van der Waals surface area contributed by atoms with Crippen molar-refractivity contribution in [2.45, 2.75) is 60.3 Å². The number of hydrogen-bond donors (Lipinski definition) is 2. The zero-order valence-electron chi connectivity index (χ0n) is 13.1. The summed E-state index contributed by atoms with van der Waals surface area (Å²) in [4.78, 5) is 23.2. The minimum absolute atomic E-state index is 0.0324. The SMILES string of the molecule is CCC(CC)CNC(=O)CCCNC(=O)C(C)(C)C. The zero-order valence-corrected chi connectivity index (χ0v) is 13.1. The first-order valence-corrected chi connectivity index (χ1v) is 7.36. The summed E-state index contributed by atoms with van der Waals surface area (Å²) in [5.41, 5.74) is -0.363. The van der Waals surface area contributed by atoms with E-state index >= 15 is 0 Å². The van der Waals surface area contributed by atoms with E-state index in [1.165, 1.54) is 0 Å². The lowest BCUT2D eigenvalue weighted by molar-refractivity contribution is -0.128. The number of amides is 2. The third kappa shape index (κ3) is 8.62. The number of nitrogens with one attached hydrogen (secondary N) is 2. The van der Waals surface area contributed by atoms with E-state index in [4.69, 9.17) is 0 Å². The molecular formula is C15H30N2O2. The lowest BCUT2D eigenvalue weighted by Crippen LogP contribution is -2.36. The van der Waals surface area contributed by atoms with Crippen LogP contribution in [0.3, 0.4) is 0 Å². The van der Waals surface area contributed by atoms with Gasteiger partial charge in [0.25, 0.3) is 0 Å². The van der Waals surface area contributed by atoms with Crippen LogP contribution in [0, 0.1) is 11.3 Å². The Kier molecular flexibility index (Phi) is 8.44. The van der Waals surface area contributed by atoms with Gasteiger partial charge in [0.1, 0.15) is 0 Å². The molecule has 0 heterocycles. The molecule has 0 aliphatic rings. The topological polar surface area (TPSA) is 58.2 Å². The summed E-state index contributed by atoms with van der Waals surface area (Å²) in [6, 6.07) is 0. The zero-order chi connectivity index (χ0) is 14.9. The standard InChI is InChI=1S/C15H30N2O2/c1-6-12(7-2)11-17-13(18)9-8-10-16-14(19)15(3,4)5/h12H,6-11H2,1-5H3,(H,16,19)(H,17,18). The van der Waals surface area contributed by atoms with E-state index < -0.39 is 0 Å². The summed E-state index contributed by atoms with van der Waals surface area (Å²) in [5.74, 6) is 0.686. The van der Waals surface area contributed by atoms with Crippen LogP contribution in [0.4, 0.5) is 0 Å². The fraction of sp³-hybridized carbons (Fsp3) is 0.867. The number of carbonyl (C=O) groups excluding carboxylic acids is 2. The third-order valence-corrected chi connectivity index (χ3v) is 3.29. The fourth-order valence-electron chi connectivity index (χ4n) is 1.64. The normalized spacial score (nSPS) is 11.5. The molecule has 2 amide bonds. The summed E-state index contributed by atoms with van der Waals surface area (Å²) in [6.07, 6.45) is 3.36. The van der Waals surface area contributed by atoms with Gasteiger partial charge < -0.3 is 10.6 Å². The smallest absolute Gasteiger partial charge is 0.225 e. The summed E-state index contributed by atoms with van der Waals surface area (Å²) >= 11 is 0. The summed E-state index contributed by atoms with van der Waals surface area (Å²) in [5, 5.41) is 5.80. The average molecular weight is 270 g/mol. The first-order valence-electron chi connectivity index (χ1n) is 7.36. The Hall–Kier alpha value is -1.06. The Morgan fingerprint density at radius 2 is 1.63 bits per heavy atom. The van der Waals surface area contributed by atoms with Gasteiger partial charge in [-0.05, 0) is 12.3 Å². The maximum atomic E-state index is 11.6. The van der Waals surface area contributed by atoms with Crippen molar-refractivity contribution >= 4 is 11.8 Å². The number of carbonyl (C=O) groups is 2. The molecule has 4 nitrogen and oxygen atoms in total. The Morgan fingerprint density at radius 1 is 1.05 bits per heavy atom. The van der Waals surface area contributed by atoms with Crippen molar-refractivity contribution in [1.82, 2.24) is 10.6 Å². The van der Waals surface area contributed by atoms with E-state index in [1.54, 1.807) is 0 Å². The van der Waals surface area contributed by atoms with Gasteiger partial charge >= 0.3 is 0 Å². The molecule has 0 rings (SSSR count). The van der Waals surface area contributed by atoms with Gasteiger partial charge in [-0.15, -0.1) is 0 Å². The molecule has 19 heavy (non-hydrogen) atoms. The molecule has 2 N–H and O–H groups in total. The summed E-state index contributed by atoms with van der Waals surface area (Å²) < 4.78 is 0. The van der Waals surface area contributed by atoms with E-state index in [0.29, 0.717) is 25.3 Å². The largest absolute Gasteiger partial charge is 0.356 e. The average Bonchev–Trinajstić information content (AvgIpc) is 2.34. The van der Waals surface area contributed by atoms with Crippen molar-refractivity contribution in [3.63, 3.8) is 0 Å². The Balaban J connectivity index is 3.67. The van der Waals surface area contributed by atoms with E-state index in [0.717, 1.165) is 19.4 Å². The molecule has 0 fully saturated rings. The van der Waals surface area contributed by atoms with E-state index in [1.807, 2.05) is 20.8 Å². The summed E-state index contributed by atoms with van der Waals surface area (Å²) in [6.45, 7) is 11.2. The van der Waals surface area contributed by atoms with Crippen LogP contribution in [0.15, 0.2) is 0 Å². The first-order chi connectivity index (χ1) is 8.81. The van der Waals surface area contributed by atoms with Gasteiger partial charge in [0.15, 0.2) is 0 Å². The monoisotopic (exact) mass is 270 g/mol. The van der Waals surface area contributed by atoms with Crippen LogP contribution >= 0.6 is 0 Å². The molecule has 0 unspecified atom stereocenters. The second kappa shape index (κ2) is 8.94. The minimum Gasteiger partial charge on any atom is -0.356 e.